The van der Waals surface area contributed by atoms with Crippen LogP contribution in [0.2, 0.25) is 0 Å². The number of aliphatic carboxylic acids is 2. The number of allylic oxidation sites excluding steroid dienone is 3. The summed E-state index contributed by atoms with van der Waals surface area (Å²) in [7, 11) is 0. The maximum Gasteiger partial charge on any atom is 0.364 e. The van der Waals surface area contributed by atoms with Crippen LogP contribution in [0.5, 0.6) is 0 Å². The van der Waals surface area contributed by atoms with Crippen LogP contribution in [0, 0.1) is 5.92 Å². The smallest absolute Gasteiger partial charge is 0.364 e. The average molecular weight is 1890 g/mol. The van der Waals surface area contributed by atoms with E-state index >= 15 is 0 Å². The first kappa shape index (κ1) is 115. The lowest BCUT2D eigenvalue weighted by atomic mass is 9.86. The van der Waals surface area contributed by atoms with Crippen molar-refractivity contribution in [3.8, 4) is 0 Å². The summed E-state index contributed by atoms with van der Waals surface area (Å²) in [5.74, 6) is -16.5. The molecular formula is C89H155N3O39. The highest BCUT2D eigenvalue weighted by atomic mass is 16.8. The number of rotatable bonds is 63. The Morgan fingerprint density at radius 3 is 1.34 bits per heavy atom. The molecule has 0 radical (unpaired) electrons. The molecule has 0 aromatic heterocycles. The molecule has 6 aliphatic heterocycles. The molecule has 42 heteroatoms. The van der Waals surface area contributed by atoms with Gasteiger partial charge in [-0.15, -0.1) is 0 Å². The number of carboxylic acid groups (broad SMARTS) is 2. The minimum atomic E-state index is -3.68. The number of ether oxygens (including phenoxy) is 12. The van der Waals surface area contributed by atoms with Crippen molar-refractivity contribution in [1.29, 1.82) is 0 Å². The van der Waals surface area contributed by atoms with E-state index in [9.17, 15) is 136 Å². The van der Waals surface area contributed by atoms with E-state index in [0.717, 1.165) is 117 Å². The summed E-state index contributed by atoms with van der Waals surface area (Å²) in [6.45, 7) is -0.788. The molecule has 0 aromatic rings. The number of ketones is 1. The number of unbranched alkanes of at least 4 members (excludes halogenated alkanes) is 26. The molecule has 6 aliphatic rings. The van der Waals surface area contributed by atoms with Crippen molar-refractivity contribution in [2.75, 3.05) is 46.2 Å². The van der Waals surface area contributed by atoms with Crippen LogP contribution in [-0.4, -0.2) is 390 Å². The fourth-order valence-electron chi connectivity index (χ4n) is 17.6. The Morgan fingerprint density at radius 1 is 0.435 bits per heavy atom. The molecule has 42 nitrogen and oxygen atoms in total. The van der Waals surface area contributed by atoms with Gasteiger partial charge in [0.2, 0.25) is 17.7 Å². The first-order valence-corrected chi connectivity index (χ1v) is 47.1. The van der Waals surface area contributed by atoms with E-state index < -0.39 is 308 Å². The number of aliphatic hydroxyl groups excluding tert-OH is 19. The maximum absolute atomic E-state index is 14.4. The third-order valence-electron chi connectivity index (χ3n) is 25.0. The maximum atomic E-state index is 14.4. The summed E-state index contributed by atoms with van der Waals surface area (Å²) in [5.41, 5.74) is 0. The first-order valence-electron chi connectivity index (χ1n) is 47.1. The lowest BCUT2D eigenvalue weighted by Gasteiger charge is -2.53. The van der Waals surface area contributed by atoms with Crippen molar-refractivity contribution < 1.29 is 193 Å². The molecule has 0 saturated carbocycles. The number of hydrogen-bond donors (Lipinski definition) is 24. The van der Waals surface area contributed by atoms with Gasteiger partial charge in [-0.25, -0.2) is 9.59 Å². The molecule has 0 aliphatic carbocycles. The van der Waals surface area contributed by atoms with Gasteiger partial charge < -0.3 is 185 Å². The van der Waals surface area contributed by atoms with Crippen LogP contribution < -0.4 is 16.0 Å². The van der Waals surface area contributed by atoms with Crippen LogP contribution in [0.15, 0.2) is 24.3 Å². The van der Waals surface area contributed by atoms with Gasteiger partial charge in [0.25, 0.3) is 11.6 Å². The zero-order valence-corrected chi connectivity index (χ0v) is 76.3. The van der Waals surface area contributed by atoms with Crippen LogP contribution in [0.4, 0.5) is 0 Å². The van der Waals surface area contributed by atoms with Crippen molar-refractivity contribution in [3.05, 3.63) is 24.3 Å². The average Bonchev–Trinajstić information content (AvgIpc) is 0.730. The summed E-state index contributed by atoms with van der Waals surface area (Å²) in [4.78, 5) is 80.6. The van der Waals surface area contributed by atoms with Crippen molar-refractivity contribution in [1.82, 2.24) is 16.0 Å². The molecule has 760 valence electrons. The van der Waals surface area contributed by atoms with Crippen LogP contribution in [-0.2, 0) is 85.6 Å². The predicted octanol–water partition coefficient (Wildman–Crippen LogP) is -1.44. The van der Waals surface area contributed by atoms with Gasteiger partial charge in [0.1, 0.15) is 128 Å². The van der Waals surface area contributed by atoms with E-state index in [4.69, 9.17) is 56.8 Å². The summed E-state index contributed by atoms with van der Waals surface area (Å²) in [6.07, 6.45) is -25.6. The molecule has 0 aromatic carbocycles. The Morgan fingerprint density at radius 2 is 0.855 bits per heavy atom. The van der Waals surface area contributed by atoms with E-state index in [2.05, 4.69) is 41.9 Å². The van der Waals surface area contributed by atoms with E-state index in [1.165, 1.54) is 83.1 Å². The third kappa shape index (κ3) is 34.7. The topological polar surface area (TPSA) is 674 Å². The third-order valence-corrected chi connectivity index (χ3v) is 25.0. The highest BCUT2D eigenvalue weighted by molar-refractivity contribution is 5.78. The first-order chi connectivity index (χ1) is 62.6. The molecule has 131 heavy (non-hydrogen) atoms. The lowest BCUT2D eigenvalue weighted by molar-refractivity contribution is -0.407. The van der Waals surface area contributed by atoms with Gasteiger partial charge in [-0.3, -0.25) is 14.4 Å². The highest BCUT2D eigenvalue weighted by Gasteiger charge is 2.64. The molecule has 34 atom stereocenters. The molecule has 6 rings (SSSR count). The quantitative estimate of drug-likeness (QED) is 0.0245. The van der Waals surface area contributed by atoms with Gasteiger partial charge in [0.15, 0.2) is 25.2 Å². The number of hydrogen-bond acceptors (Lipinski definition) is 37. The van der Waals surface area contributed by atoms with Gasteiger partial charge in [0.05, 0.1) is 88.8 Å². The van der Waals surface area contributed by atoms with Gasteiger partial charge in [-0.2, -0.15) is 0 Å². The van der Waals surface area contributed by atoms with Gasteiger partial charge in [-0.05, 0) is 51.9 Å². The Labute approximate surface area is 765 Å². The fraction of sp³-hybridized carbons (Fsp3) is 0.888. The second kappa shape index (κ2) is 59.5. The Hall–Kier alpha value is -4.74. The minimum absolute atomic E-state index is 0.0826. The molecule has 0 bridgehead atoms. The molecule has 6 fully saturated rings. The second-order valence-electron chi connectivity index (χ2n) is 35.6. The summed E-state index contributed by atoms with van der Waals surface area (Å²) >= 11 is 0. The van der Waals surface area contributed by atoms with Crippen LogP contribution in [0.3, 0.4) is 0 Å². The van der Waals surface area contributed by atoms with Crippen LogP contribution in [0.25, 0.3) is 0 Å². The minimum Gasteiger partial charge on any atom is -0.477 e. The van der Waals surface area contributed by atoms with Gasteiger partial charge in [0, 0.05) is 45.4 Å². The monoisotopic (exact) mass is 1890 g/mol. The summed E-state index contributed by atoms with van der Waals surface area (Å²) < 4.78 is 72.6. The van der Waals surface area contributed by atoms with E-state index in [-0.39, 0.29) is 6.42 Å². The number of amides is 3. The van der Waals surface area contributed by atoms with Gasteiger partial charge >= 0.3 is 11.9 Å². The highest BCUT2D eigenvalue weighted by Crippen LogP contribution is 2.44. The van der Waals surface area contributed by atoms with E-state index in [0.29, 0.717) is 12.8 Å². The number of carboxylic acids is 2. The lowest BCUT2D eigenvalue weighted by Crippen LogP contribution is -2.72. The number of Topliss-reactive ketones (excluding diaryl/α,β-unsaturated/α-hetero) is 1. The van der Waals surface area contributed by atoms with E-state index in [1.807, 2.05) is 0 Å². The normalized spacial score (nSPS) is 34.5. The molecule has 0 spiro atoms. The van der Waals surface area contributed by atoms with Crippen molar-refractivity contribution in [3.63, 3.8) is 0 Å². The second-order valence-corrected chi connectivity index (χ2v) is 35.6. The largest absolute Gasteiger partial charge is 0.477 e. The summed E-state index contributed by atoms with van der Waals surface area (Å²) in [6, 6.07) is -5.10. The Balaban J connectivity index is 1.31. The predicted molar refractivity (Wildman–Crippen MR) is 459 cm³/mol. The van der Waals surface area contributed by atoms with Crippen molar-refractivity contribution in [2.45, 2.75) is 448 Å². The standard InChI is InChI=1S/C89H155N3O39/c1-6-8-10-12-14-16-18-20-21-22-23-24-25-27-29-31-33-35-37-39-64(106)92-54(55(102)38-36-34-32-30-28-26-19-17-15-13-11-9-7-2)49-120-83-74(114)72(112)77(62(47-97)123-83)126-85-75(115)81(78(63(48-98)124-85)127-82-53(40-50(3)99)76(69(109)60(45-95)121-82)125-84-73(113)71(111)68(108)59(44-94)122-84)131-89(87(118)119)42-57(104)66(91-52(5)101)80(130-89)70(110)61(46-96)128-88(86(116)117)41-56(103)65(90-51(4)100)79(129-88)67(107)58(105)43-93/h20-21,36,38,53-63,65-85,93-98,102-105,107-115H,6-19,22-35,37,39-49H2,1-5H3,(H,90,100)(H,91,101)(H,92,106)(H,116,117)(H,118,119)/b21-20-,38-36+/t53-,54+,55-,56+,57+,58-,59-,60-,61-,62-,63-,65-,66-,67-,68+,69+,70-,71+,72-,73-,74-,75-,76-,77-,78+,79?,80?,81-,82+,83-,84+,85+,88-,89+/m1/s1. The van der Waals surface area contributed by atoms with E-state index in [1.54, 1.807) is 6.08 Å². The van der Waals surface area contributed by atoms with Gasteiger partial charge in [-0.1, -0.05) is 179 Å². The molecule has 6 heterocycles. The fourth-order valence-corrected chi connectivity index (χ4v) is 17.6. The van der Waals surface area contributed by atoms with Crippen LogP contribution >= 0.6 is 0 Å². The Bertz CT molecular complexity index is 3320. The Kier molecular flexibility index (Phi) is 52.2. The number of nitrogens with one attached hydrogen (secondary N) is 3. The SMILES string of the molecule is CCCCCCCC/C=C\CCCCCCCCCCCC(=O)N[C@@H](CO[C@@H]1O[C@H](CO)[C@@H](O[C@@H]2O[C@H](CO)[C@H](O[C@@H]3O[C@H](CO)[C@H](O)[C@H](O[C@@H]4O[C@H](CO)[C@H](O)[C@H](O)[C@H]4O)[C@H]3CC(C)=O)[C@H](O[C@]3(C(=O)O)C[C@H](O)[C@@H](NC(C)=O)C([C@H](O)[C@@H](CO)O[C@]4(C(=O)O)C[C@H](O)[C@@H](NC(C)=O)C([C@H](O)[C@H](O)CO)O4)O3)[C@H]2O)[C@H](O)[C@H]1O)[C@H](O)/C=C/CCCCCCCCCCCCC. The van der Waals surface area contributed by atoms with Crippen molar-refractivity contribution >= 4 is 35.4 Å². The molecule has 24 N–H and O–H groups in total. The number of carbonyl (C=O) groups excluding carboxylic acids is 4. The zero-order chi connectivity index (χ0) is 96.7. The number of carbonyl (C=O) groups is 6. The zero-order valence-electron chi connectivity index (χ0n) is 76.3. The molecule has 2 unspecified atom stereocenters. The molecule has 6 saturated heterocycles. The number of aliphatic hydroxyl groups is 19. The molecular weight excluding hydrogens is 1730 g/mol. The van der Waals surface area contributed by atoms with Crippen LogP contribution in [0.1, 0.15) is 247 Å². The van der Waals surface area contributed by atoms with Crippen molar-refractivity contribution in [2.24, 2.45) is 5.92 Å². The summed E-state index contributed by atoms with van der Waals surface area (Å²) in [5, 5.41) is 246. The molecule has 3 amide bonds.